The first-order chi connectivity index (χ1) is 14.0. The molecule has 1 saturated carbocycles. The van der Waals surface area contributed by atoms with E-state index in [1.807, 2.05) is 0 Å². The van der Waals surface area contributed by atoms with Gasteiger partial charge in [0.1, 0.15) is 0 Å². The molecule has 1 aromatic rings. The summed E-state index contributed by atoms with van der Waals surface area (Å²) < 4.78 is 18.5. The summed E-state index contributed by atoms with van der Waals surface area (Å²) in [5.41, 5.74) is -0.0641. The summed E-state index contributed by atoms with van der Waals surface area (Å²) in [5, 5.41) is 15.5. The molecule has 1 saturated heterocycles. The van der Waals surface area contributed by atoms with Crippen LogP contribution in [0.5, 0.6) is 5.75 Å². The zero-order valence-corrected chi connectivity index (χ0v) is 16.8. The van der Waals surface area contributed by atoms with Crippen molar-refractivity contribution in [1.82, 2.24) is 15.5 Å². The van der Waals surface area contributed by atoms with Crippen LogP contribution >= 0.6 is 0 Å². The highest BCUT2D eigenvalue weighted by atomic mass is 19.1. The summed E-state index contributed by atoms with van der Waals surface area (Å²) in [5.74, 6) is -1.25. The van der Waals surface area contributed by atoms with Crippen molar-refractivity contribution >= 4 is 11.8 Å². The third kappa shape index (κ3) is 5.90. The standard InChI is InChI=1S/C21H30FN3O4/c1-29-10-9-23-19(26)11-15-7-8-16(25(15)13-14-5-6-14)12-24-21(28)17-3-2-4-18(22)20(17)27/h2-4,14-16,27H,5-13H2,1H3,(H,23,26)(H,24,28)/t15-,16+/m1/s1. The van der Waals surface area contributed by atoms with E-state index < -0.39 is 17.5 Å². The van der Waals surface area contributed by atoms with Crippen molar-refractivity contribution in [3.8, 4) is 5.75 Å². The molecule has 7 nitrogen and oxygen atoms in total. The van der Waals surface area contributed by atoms with Gasteiger partial charge >= 0.3 is 0 Å². The lowest BCUT2D eigenvalue weighted by molar-refractivity contribution is -0.122. The molecule has 1 aliphatic carbocycles. The molecule has 1 heterocycles. The van der Waals surface area contributed by atoms with Crippen molar-refractivity contribution in [2.24, 2.45) is 5.92 Å². The number of hydrogen-bond donors (Lipinski definition) is 3. The Morgan fingerprint density at radius 2 is 1.97 bits per heavy atom. The van der Waals surface area contributed by atoms with Gasteiger partial charge in [-0.25, -0.2) is 4.39 Å². The normalized spacial score (nSPS) is 21.9. The Morgan fingerprint density at radius 1 is 1.21 bits per heavy atom. The van der Waals surface area contributed by atoms with Crippen LogP contribution in [0.4, 0.5) is 4.39 Å². The van der Waals surface area contributed by atoms with E-state index in [2.05, 4.69) is 15.5 Å². The van der Waals surface area contributed by atoms with Gasteiger partial charge in [-0.2, -0.15) is 0 Å². The van der Waals surface area contributed by atoms with Crippen LogP contribution in [0.25, 0.3) is 0 Å². The van der Waals surface area contributed by atoms with Gasteiger partial charge in [-0.1, -0.05) is 6.07 Å². The van der Waals surface area contributed by atoms with Crippen LogP contribution < -0.4 is 10.6 Å². The highest BCUT2D eigenvalue weighted by molar-refractivity contribution is 5.96. The second kappa shape index (κ2) is 10.0. The maximum absolute atomic E-state index is 13.5. The number of nitrogens with zero attached hydrogens (tertiary/aromatic N) is 1. The fourth-order valence-electron chi connectivity index (χ4n) is 3.93. The molecular weight excluding hydrogens is 377 g/mol. The van der Waals surface area contributed by atoms with E-state index in [-0.39, 0.29) is 23.6 Å². The first-order valence-corrected chi connectivity index (χ1v) is 10.3. The second-order valence-corrected chi connectivity index (χ2v) is 7.92. The quantitative estimate of drug-likeness (QED) is 0.513. The number of rotatable bonds is 10. The predicted octanol–water partition coefficient (Wildman–Crippen LogP) is 1.66. The lowest BCUT2D eigenvalue weighted by atomic mass is 10.1. The number of methoxy groups -OCH3 is 1. The van der Waals surface area contributed by atoms with Crippen LogP contribution in [0.3, 0.4) is 0 Å². The van der Waals surface area contributed by atoms with Crippen molar-refractivity contribution in [2.75, 3.05) is 33.4 Å². The average molecular weight is 407 g/mol. The molecule has 1 aliphatic heterocycles. The van der Waals surface area contributed by atoms with E-state index >= 15 is 0 Å². The number of phenols is 1. The number of para-hydroxylation sites is 1. The van der Waals surface area contributed by atoms with Gasteiger partial charge in [0.25, 0.3) is 5.91 Å². The molecule has 29 heavy (non-hydrogen) atoms. The lowest BCUT2D eigenvalue weighted by Gasteiger charge is -2.30. The molecule has 1 aromatic carbocycles. The Kier molecular flexibility index (Phi) is 7.44. The van der Waals surface area contributed by atoms with E-state index in [4.69, 9.17) is 4.74 Å². The molecule has 0 radical (unpaired) electrons. The summed E-state index contributed by atoms with van der Waals surface area (Å²) >= 11 is 0. The van der Waals surface area contributed by atoms with E-state index in [1.54, 1.807) is 7.11 Å². The number of nitrogens with one attached hydrogen (secondary N) is 2. The Hall–Kier alpha value is -2.19. The van der Waals surface area contributed by atoms with Gasteiger partial charge < -0.3 is 20.5 Å². The smallest absolute Gasteiger partial charge is 0.255 e. The number of carbonyl (C=O) groups is 2. The number of benzene rings is 1. The minimum Gasteiger partial charge on any atom is -0.504 e. The third-order valence-electron chi connectivity index (χ3n) is 5.72. The molecule has 0 spiro atoms. The first-order valence-electron chi connectivity index (χ1n) is 10.3. The molecule has 0 unspecified atom stereocenters. The molecule has 3 rings (SSSR count). The third-order valence-corrected chi connectivity index (χ3v) is 5.72. The molecule has 2 atom stereocenters. The molecular formula is C21H30FN3O4. The summed E-state index contributed by atoms with van der Waals surface area (Å²) in [4.78, 5) is 27.0. The molecule has 0 aromatic heterocycles. The highest BCUT2D eigenvalue weighted by Gasteiger charge is 2.38. The lowest BCUT2D eigenvalue weighted by Crippen LogP contribution is -2.45. The summed E-state index contributed by atoms with van der Waals surface area (Å²) in [6.45, 7) is 2.33. The van der Waals surface area contributed by atoms with E-state index in [1.165, 1.54) is 25.0 Å². The molecule has 2 amide bonds. The molecule has 160 valence electrons. The number of halogens is 1. The number of hydrogen-bond acceptors (Lipinski definition) is 5. The number of ether oxygens (including phenoxy) is 1. The van der Waals surface area contributed by atoms with Crippen molar-refractivity contribution in [3.05, 3.63) is 29.6 Å². The van der Waals surface area contributed by atoms with Gasteiger partial charge in [-0.05, 0) is 43.7 Å². The average Bonchev–Trinajstić information content (AvgIpc) is 3.44. The van der Waals surface area contributed by atoms with Crippen molar-refractivity contribution in [2.45, 2.75) is 44.2 Å². The van der Waals surface area contributed by atoms with Gasteiger partial charge in [0, 0.05) is 45.2 Å². The second-order valence-electron chi connectivity index (χ2n) is 7.92. The van der Waals surface area contributed by atoms with Crippen LogP contribution in [0.1, 0.15) is 42.5 Å². The van der Waals surface area contributed by atoms with Crippen LogP contribution in [0.15, 0.2) is 18.2 Å². The Morgan fingerprint density at radius 3 is 2.69 bits per heavy atom. The number of aromatic hydroxyl groups is 1. The first kappa shape index (κ1) is 21.5. The predicted molar refractivity (Wildman–Crippen MR) is 106 cm³/mol. The minimum absolute atomic E-state index is 0.0159. The number of carbonyl (C=O) groups excluding carboxylic acids is 2. The zero-order chi connectivity index (χ0) is 20.8. The van der Waals surface area contributed by atoms with Crippen LogP contribution in [-0.4, -0.2) is 67.3 Å². The van der Waals surface area contributed by atoms with Crippen LogP contribution in [0.2, 0.25) is 0 Å². The maximum Gasteiger partial charge on any atom is 0.255 e. The molecule has 0 bridgehead atoms. The molecule has 2 aliphatic rings. The largest absolute Gasteiger partial charge is 0.504 e. The van der Waals surface area contributed by atoms with E-state index in [0.717, 1.165) is 25.5 Å². The van der Waals surface area contributed by atoms with E-state index in [9.17, 15) is 19.1 Å². The fraction of sp³-hybridized carbons (Fsp3) is 0.619. The van der Waals surface area contributed by atoms with Crippen LogP contribution in [-0.2, 0) is 9.53 Å². The van der Waals surface area contributed by atoms with Gasteiger partial charge in [0.05, 0.1) is 12.2 Å². The monoisotopic (exact) mass is 407 g/mol. The number of likely N-dealkylation sites (tertiary alicyclic amines) is 1. The Balaban J connectivity index is 1.55. The van der Waals surface area contributed by atoms with Crippen molar-refractivity contribution < 1.29 is 23.8 Å². The van der Waals surface area contributed by atoms with Gasteiger partial charge in [-0.3, -0.25) is 14.5 Å². The van der Waals surface area contributed by atoms with Gasteiger partial charge in [-0.15, -0.1) is 0 Å². The number of amides is 2. The molecule has 8 heteroatoms. The molecule has 2 fully saturated rings. The van der Waals surface area contributed by atoms with E-state index in [0.29, 0.717) is 32.0 Å². The van der Waals surface area contributed by atoms with Gasteiger partial charge in [0.2, 0.25) is 5.91 Å². The Labute approximate surface area is 170 Å². The minimum atomic E-state index is -0.812. The van der Waals surface area contributed by atoms with Crippen molar-refractivity contribution in [3.63, 3.8) is 0 Å². The Bertz CT molecular complexity index is 726. The van der Waals surface area contributed by atoms with Crippen LogP contribution in [0, 0.1) is 11.7 Å². The van der Waals surface area contributed by atoms with Gasteiger partial charge in [0.15, 0.2) is 11.6 Å². The fourth-order valence-corrected chi connectivity index (χ4v) is 3.93. The maximum atomic E-state index is 13.5. The van der Waals surface area contributed by atoms with Crippen molar-refractivity contribution in [1.29, 1.82) is 0 Å². The molecule has 3 N–H and O–H groups in total. The summed E-state index contributed by atoms with van der Waals surface area (Å²) in [7, 11) is 1.60. The zero-order valence-electron chi connectivity index (χ0n) is 16.8. The number of phenolic OH excluding ortho intramolecular Hbond substituents is 1. The topological polar surface area (TPSA) is 90.9 Å². The summed E-state index contributed by atoms with van der Waals surface area (Å²) in [6.07, 6.45) is 4.64. The summed E-state index contributed by atoms with van der Waals surface area (Å²) in [6, 6.07) is 4.20. The highest BCUT2D eigenvalue weighted by Crippen LogP contribution is 2.35. The SMILES string of the molecule is COCCNC(=O)C[C@H]1CC[C@@H](CNC(=O)c2cccc(F)c2O)N1CC1CC1.